The number of carbonyl (C=O) groups is 1. The lowest BCUT2D eigenvalue weighted by atomic mass is 10.2. The zero-order chi connectivity index (χ0) is 22.7. The fraction of sp³-hybridized carbons (Fsp3) is 0.435. The lowest BCUT2D eigenvalue weighted by molar-refractivity contribution is 0.144. The van der Waals surface area contributed by atoms with E-state index in [1.54, 1.807) is 25.3 Å². The molecule has 3 heterocycles. The van der Waals surface area contributed by atoms with Crippen molar-refractivity contribution in [3.63, 3.8) is 0 Å². The van der Waals surface area contributed by atoms with Gasteiger partial charge in [-0.1, -0.05) is 25.4 Å². The van der Waals surface area contributed by atoms with Gasteiger partial charge in [0.1, 0.15) is 17.1 Å². The van der Waals surface area contributed by atoms with Gasteiger partial charge in [0, 0.05) is 56.4 Å². The molecular formula is C23H29ClN6O2. The summed E-state index contributed by atoms with van der Waals surface area (Å²) < 4.78 is 7.54. The molecule has 3 aromatic rings. The van der Waals surface area contributed by atoms with Gasteiger partial charge in [-0.25, -0.2) is 14.8 Å². The van der Waals surface area contributed by atoms with Crippen LogP contribution in [0, 0.1) is 0 Å². The zero-order valence-electron chi connectivity index (χ0n) is 18.7. The molecule has 2 amide bonds. The summed E-state index contributed by atoms with van der Waals surface area (Å²) in [5, 5.41) is 3.47. The number of anilines is 1. The molecule has 32 heavy (non-hydrogen) atoms. The summed E-state index contributed by atoms with van der Waals surface area (Å²) in [6.45, 7) is 8.98. The zero-order valence-corrected chi connectivity index (χ0v) is 19.5. The average molecular weight is 457 g/mol. The molecule has 4 rings (SSSR count). The fourth-order valence-corrected chi connectivity index (χ4v) is 4.20. The number of halogens is 1. The monoisotopic (exact) mass is 456 g/mol. The number of pyridine rings is 1. The van der Waals surface area contributed by atoms with E-state index >= 15 is 0 Å². The molecule has 0 atom stereocenters. The highest BCUT2D eigenvalue weighted by molar-refractivity contribution is 6.31. The van der Waals surface area contributed by atoms with Crippen LogP contribution in [0.3, 0.4) is 0 Å². The minimum absolute atomic E-state index is 0.142. The Hall–Kier alpha value is -2.84. The van der Waals surface area contributed by atoms with Crippen molar-refractivity contribution in [1.29, 1.82) is 0 Å². The van der Waals surface area contributed by atoms with Crippen LogP contribution in [0.15, 0.2) is 36.5 Å². The molecule has 1 aliphatic rings. The Balaban J connectivity index is 1.34. The van der Waals surface area contributed by atoms with E-state index in [0.29, 0.717) is 35.5 Å². The van der Waals surface area contributed by atoms with E-state index in [0.717, 1.165) is 43.2 Å². The number of benzene rings is 1. The number of rotatable bonds is 6. The third kappa shape index (κ3) is 4.81. The van der Waals surface area contributed by atoms with E-state index in [2.05, 4.69) is 33.6 Å². The van der Waals surface area contributed by atoms with Crippen LogP contribution in [0.1, 0.15) is 25.6 Å². The van der Waals surface area contributed by atoms with Crippen molar-refractivity contribution in [3.05, 3.63) is 47.4 Å². The lowest BCUT2D eigenvalue weighted by Gasteiger charge is -2.35. The number of urea groups is 1. The predicted molar refractivity (Wildman–Crippen MR) is 127 cm³/mol. The summed E-state index contributed by atoms with van der Waals surface area (Å²) in [5.74, 6) is 1.98. The van der Waals surface area contributed by atoms with Crippen molar-refractivity contribution >= 4 is 34.5 Å². The summed E-state index contributed by atoms with van der Waals surface area (Å²) in [7, 11) is 1.57. The molecule has 1 saturated heterocycles. The second-order valence-electron chi connectivity index (χ2n) is 8.23. The summed E-state index contributed by atoms with van der Waals surface area (Å²) in [6, 6.07) is 8.97. The first-order valence-electron chi connectivity index (χ1n) is 10.9. The Morgan fingerprint density at radius 3 is 2.69 bits per heavy atom. The van der Waals surface area contributed by atoms with Gasteiger partial charge in [0.05, 0.1) is 12.8 Å². The van der Waals surface area contributed by atoms with Gasteiger partial charge < -0.3 is 19.5 Å². The predicted octanol–water partition coefficient (Wildman–Crippen LogP) is 4.07. The minimum atomic E-state index is -0.142. The number of carbonyl (C=O) groups excluding carboxylic acids is 1. The standard InChI is InChI=1S/C23H29ClN6O2/c1-16(2)21-26-18-5-4-8-25-22(18)30(21)14-11-28-9-12-29(13-10-28)23(31)27-19-15-17(24)6-7-20(19)32-3/h4-8,15-16H,9-14H2,1-3H3,(H,27,31). The molecule has 8 nitrogen and oxygen atoms in total. The smallest absolute Gasteiger partial charge is 0.322 e. The van der Waals surface area contributed by atoms with Gasteiger partial charge in [-0.05, 0) is 30.3 Å². The van der Waals surface area contributed by atoms with Crippen molar-refractivity contribution in [2.75, 3.05) is 45.2 Å². The number of aromatic nitrogens is 3. The van der Waals surface area contributed by atoms with E-state index in [9.17, 15) is 4.79 Å². The first-order valence-corrected chi connectivity index (χ1v) is 11.3. The maximum Gasteiger partial charge on any atom is 0.322 e. The van der Waals surface area contributed by atoms with Gasteiger partial charge in [0.25, 0.3) is 0 Å². The van der Waals surface area contributed by atoms with Crippen LogP contribution in [0.2, 0.25) is 5.02 Å². The molecule has 1 aliphatic heterocycles. The van der Waals surface area contributed by atoms with Crippen molar-refractivity contribution < 1.29 is 9.53 Å². The molecule has 0 radical (unpaired) electrons. The van der Waals surface area contributed by atoms with Crippen molar-refractivity contribution in [2.45, 2.75) is 26.3 Å². The number of piperazine rings is 1. The third-order valence-corrected chi connectivity index (χ3v) is 5.99. The Morgan fingerprint density at radius 2 is 1.97 bits per heavy atom. The quantitative estimate of drug-likeness (QED) is 0.605. The number of amides is 2. The van der Waals surface area contributed by atoms with Crippen LogP contribution < -0.4 is 10.1 Å². The summed E-state index contributed by atoms with van der Waals surface area (Å²) >= 11 is 6.07. The highest BCUT2D eigenvalue weighted by atomic mass is 35.5. The SMILES string of the molecule is COc1ccc(Cl)cc1NC(=O)N1CCN(CCn2c(C(C)C)nc3cccnc32)CC1. The molecule has 0 saturated carbocycles. The highest BCUT2D eigenvalue weighted by Crippen LogP contribution is 2.28. The number of hydrogen-bond acceptors (Lipinski definition) is 5. The fourth-order valence-electron chi connectivity index (χ4n) is 4.03. The summed E-state index contributed by atoms with van der Waals surface area (Å²) in [6.07, 6.45) is 1.82. The van der Waals surface area contributed by atoms with Gasteiger partial charge >= 0.3 is 6.03 Å². The normalized spacial score (nSPS) is 14.8. The number of nitrogens with one attached hydrogen (secondary N) is 1. The van der Waals surface area contributed by atoms with E-state index in [-0.39, 0.29) is 6.03 Å². The van der Waals surface area contributed by atoms with Crippen LogP contribution >= 0.6 is 11.6 Å². The topological polar surface area (TPSA) is 75.5 Å². The number of methoxy groups -OCH3 is 1. The summed E-state index contributed by atoms with van der Waals surface area (Å²) in [4.78, 5) is 26.3. The Morgan fingerprint density at radius 1 is 1.19 bits per heavy atom. The molecule has 170 valence electrons. The van der Waals surface area contributed by atoms with Gasteiger partial charge in [0.15, 0.2) is 5.65 Å². The number of hydrogen-bond donors (Lipinski definition) is 1. The van der Waals surface area contributed by atoms with E-state index < -0.39 is 0 Å². The molecule has 2 aromatic heterocycles. The van der Waals surface area contributed by atoms with Crippen molar-refractivity contribution in [3.8, 4) is 5.75 Å². The highest BCUT2D eigenvalue weighted by Gasteiger charge is 2.23. The Kier molecular flexibility index (Phi) is 6.81. The first kappa shape index (κ1) is 22.4. The van der Waals surface area contributed by atoms with Crippen LogP contribution in [0.4, 0.5) is 10.5 Å². The number of nitrogens with zero attached hydrogens (tertiary/aromatic N) is 5. The first-order chi connectivity index (χ1) is 15.5. The second-order valence-corrected chi connectivity index (χ2v) is 8.66. The molecule has 0 aliphatic carbocycles. The summed E-state index contributed by atoms with van der Waals surface area (Å²) in [5.41, 5.74) is 2.45. The van der Waals surface area contributed by atoms with Crippen molar-refractivity contribution in [1.82, 2.24) is 24.3 Å². The van der Waals surface area contributed by atoms with Crippen molar-refractivity contribution in [2.24, 2.45) is 0 Å². The maximum atomic E-state index is 12.7. The molecular weight excluding hydrogens is 428 g/mol. The van der Waals surface area contributed by atoms with Crippen LogP contribution in [-0.2, 0) is 6.54 Å². The Labute approximate surface area is 193 Å². The van der Waals surface area contributed by atoms with E-state index in [1.807, 2.05) is 23.2 Å². The van der Waals surface area contributed by atoms with Crippen LogP contribution in [-0.4, -0.2) is 70.2 Å². The average Bonchev–Trinajstić information content (AvgIpc) is 3.17. The number of ether oxygens (including phenoxy) is 1. The molecule has 0 unspecified atom stereocenters. The van der Waals surface area contributed by atoms with Gasteiger partial charge in [0.2, 0.25) is 0 Å². The lowest BCUT2D eigenvalue weighted by Crippen LogP contribution is -2.50. The molecule has 9 heteroatoms. The van der Waals surface area contributed by atoms with Gasteiger partial charge in [-0.3, -0.25) is 4.90 Å². The number of fused-ring (bicyclic) bond motifs is 1. The van der Waals surface area contributed by atoms with E-state index in [4.69, 9.17) is 21.3 Å². The largest absolute Gasteiger partial charge is 0.495 e. The molecule has 0 bridgehead atoms. The van der Waals surface area contributed by atoms with Gasteiger partial charge in [-0.2, -0.15) is 0 Å². The molecule has 1 aromatic carbocycles. The van der Waals surface area contributed by atoms with Gasteiger partial charge in [-0.15, -0.1) is 0 Å². The molecule has 1 fully saturated rings. The third-order valence-electron chi connectivity index (χ3n) is 5.75. The van der Waals surface area contributed by atoms with Crippen LogP contribution in [0.25, 0.3) is 11.2 Å². The maximum absolute atomic E-state index is 12.7. The van der Waals surface area contributed by atoms with E-state index in [1.165, 1.54) is 0 Å². The second kappa shape index (κ2) is 9.75. The van der Waals surface area contributed by atoms with Crippen LogP contribution in [0.5, 0.6) is 5.75 Å². The molecule has 0 spiro atoms. The molecule has 1 N–H and O–H groups in total. The Bertz CT molecular complexity index is 1090. The number of imidazole rings is 1. The minimum Gasteiger partial charge on any atom is -0.495 e.